The van der Waals surface area contributed by atoms with E-state index in [1.165, 1.54) is 12.1 Å². The molecule has 1 atom stereocenters. The van der Waals surface area contributed by atoms with Crippen molar-refractivity contribution in [2.75, 3.05) is 13.2 Å². The summed E-state index contributed by atoms with van der Waals surface area (Å²) in [6, 6.07) is 4.67. The van der Waals surface area contributed by atoms with Crippen molar-refractivity contribution >= 4 is 5.97 Å². The Bertz CT molecular complexity index is 509. The molecule has 0 saturated carbocycles. The molecule has 1 fully saturated rings. The summed E-state index contributed by atoms with van der Waals surface area (Å²) in [6.45, 7) is 0.452. The lowest BCUT2D eigenvalue weighted by Gasteiger charge is -2.10. The molecule has 116 valence electrons. The average Bonchev–Trinajstić information content (AvgIpc) is 3.19. The topological polar surface area (TPSA) is 59.1 Å². The number of hydrogen-bond acceptors (Lipinski definition) is 3. The molecule has 1 aliphatic heterocycles. The van der Waals surface area contributed by atoms with Crippen LogP contribution >= 0.6 is 0 Å². The SMILES string of the molecule is O=C(O)C1(CCCCOc2cccc(C(F)(F)F)c2)CO1. The van der Waals surface area contributed by atoms with Crippen LogP contribution in [0.5, 0.6) is 5.75 Å². The van der Waals surface area contributed by atoms with Gasteiger partial charge in [0.25, 0.3) is 0 Å². The van der Waals surface area contributed by atoms with Crippen LogP contribution in [0.25, 0.3) is 0 Å². The summed E-state index contributed by atoms with van der Waals surface area (Å²) < 4.78 is 47.7. The van der Waals surface area contributed by atoms with Gasteiger partial charge in [-0.2, -0.15) is 13.2 Å². The van der Waals surface area contributed by atoms with E-state index in [1.807, 2.05) is 0 Å². The normalized spacial score (nSPS) is 21.1. The molecule has 1 heterocycles. The molecule has 2 rings (SSSR count). The molecular formula is C14H15F3O4. The Morgan fingerprint density at radius 1 is 1.38 bits per heavy atom. The number of unbranched alkanes of at least 4 members (excludes halogenated alkanes) is 1. The van der Waals surface area contributed by atoms with Crippen LogP contribution in [0, 0.1) is 0 Å². The van der Waals surface area contributed by atoms with E-state index in [0.717, 1.165) is 12.1 Å². The van der Waals surface area contributed by atoms with Crippen LogP contribution in [-0.4, -0.2) is 29.9 Å². The van der Waals surface area contributed by atoms with Crippen molar-refractivity contribution in [2.24, 2.45) is 0 Å². The highest BCUT2D eigenvalue weighted by Gasteiger charge is 2.51. The molecule has 0 aromatic heterocycles. The summed E-state index contributed by atoms with van der Waals surface area (Å²) in [4.78, 5) is 10.8. The zero-order valence-corrected chi connectivity index (χ0v) is 11.2. The molecule has 0 bridgehead atoms. The minimum atomic E-state index is -4.39. The first-order valence-corrected chi connectivity index (χ1v) is 6.51. The number of ether oxygens (including phenoxy) is 2. The Labute approximate surface area is 119 Å². The quantitative estimate of drug-likeness (QED) is 0.621. The minimum Gasteiger partial charge on any atom is -0.494 e. The summed E-state index contributed by atoms with van der Waals surface area (Å²) >= 11 is 0. The number of aliphatic carboxylic acids is 1. The number of carboxylic acids is 1. The number of hydrogen-bond donors (Lipinski definition) is 1. The first-order valence-electron chi connectivity index (χ1n) is 6.51. The lowest BCUT2D eigenvalue weighted by molar-refractivity contribution is -0.143. The highest BCUT2D eigenvalue weighted by Crippen LogP contribution is 2.33. The highest BCUT2D eigenvalue weighted by molar-refractivity contribution is 5.80. The molecule has 0 radical (unpaired) electrons. The maximum Gasteiger partial charge on any atom is 0.416 e. The molecule has 1 N–H and O–H groups in total. The average molecular weight is 304 g/mol. The van der Waals surface area contributed by atoms with E-state index in [2.05, 4.69) is 0 Å². The molecule has 1 aromatic rings. The molecule has 1 unspecified atom stereocenters. The third-order valence-corrected chi connectivity index (χ3v) is 3.29. The van der Waals surface area contributed by atoms with Gasteiger partial charge in [0.05, 0.1) is 18.8 Å². The van der Waals surface area contributed by atoms with Crippen molar-refractivity contribution in [1.29, 1.82) is 0 Å². The first-order chi connectivity index (χ1) is 9.83. The molecule has 0 aliphatic carbocycles. The van der Waals surface area contributed by atoms with Crippen molar-refractivity contribution in [2.45, 2.75) is 31.0 Å². The van der Waals surface area contributed by atoms with E-state index in [9.17, 15) is 18.0 Å². The van der Waals surface area contributed by atoms with Crippen LogP contribution in [0.3, 0.4) is 0 Å². The van der Waals surface area contributed by atoms with Gasteiger partial charge in [-0.15, -0.1) is 0 Å². The Kier molecular flexibility index (Phi) is 4.41. The summed E-state index contributed by atoms with van der Waals surface area (Å²) in [7, 11) is 0. The predicted octanol–water partition coefficient (Wildman–Crippen LogP) is 3.11. The number of alkyl halides is 3. The van der Waals surface area contributed by atoms with Crippen LogP contribution in [0.15, 0.2) is 24.3 Å². The monoisotopic (exact) mass is 304 g/mol. The Hall–Kier alpha value is -1.76. The summed E-state index contributed by atoms with van der Waals surface area (Å²) in [5, 5.41) is 8.88. The summed E-state index contributed by atoms with van der Waals surface area (Å²) in [6.07, 6.45) is -2.88. The van der Waals surface area contributed by atoms with Gasteiger partial charge in [-0.3, -0.25) is 0 Å². The lowest BCUT2D eigenvalue weighted by atomic mass is 10.0. The fraction of sp³-hybridized carbons (Fsp3) is 0.500. The number of carboxylic acid groups (broad SMARTS) is 1. The number of epoxide rings is 1. The highest BCUT2D eigenvalue weighted by atomic mass is 19.4. The fourth-order valence-electron chi connectivity index (χ4n) is 1.93. The molecule has 0 spiro atoms. The van der Waals surface area contributed by atoms with Crippen molar-refractivity contribution in [3.05, 3.63) is 29.8 Å². The largest absolute Gasteiger partial charge is 0.494 e. The number of benzene rings is 1. The second-order valence-electron chi connectivity index (χ2n) is 4.92. The molecule has 1 aliphatic rings. The van der Waals surface area contributed by atoms with E-state index < -0.39 is 23.3 Å². The molecule has 7 heteroatoms. The van der Waals surface area contributed by atoms with Crippen molar-refractivity contribution in [3.8, 4) is 5.75 Å². The second-order valence-corrected chi connectivity index (χ2v) is 4.92. The number of carbonyl (C=O) groups is 1. The zero-order chi connectivity index (χ0) is 15.5. The van der Waals surface area contributed by atoms with Crippen LogP contribution in [-0.2, 0) is 15.7 Å². The van der Waals surface area contributed by atoms with Gasteiger partial charge in [-0.1, -0.05) is 6.07 Å². The van der Waals surface area contributed by atoms with Crippen LogP contribution < -0.4 is 4.74 Å². The smallest absolute Gasteiger partial charge is 0.416 e. The molecule has 21 heavy (non-hydrogen) atoms. The van der Waals surface area contributed by atoms with Gasteiger partial charge in [0, 0.05) is 0 Å². The van der Waals surface area contributed by atoms with Gasteiger partial charge in [-0.05, 0) is 37.5 Å². The van der Waals surface area contributed by atoms with Crippen LogP contribution in [0.4, 0.5) is 13.2 Å². The maximum absolute atomic E-state index is 12.5. The first kappa shape index (κ1) is 15.6. The Morgan fingerprint density at radius 2 is 2.10 bits per heavy atom. The third-order valence-electron chi connectivity index (χ3n) is 3.29. The van der Waals surface area contributed by atoms with Crippen molar-refractivity contribution < 1.29 is 32.5 Å². The van der Waals surface area contributed by atoms with Crippen molar-refractivity contribution in [1.82, 2.24) is 0 Å². The Morgan fingerprint density at radius 3 is 2.67 bits per heavy atom. The lowest BCUT2D eigenvalue weighted by Crippen LogP contribution is -2.23. The van der Waals surface area contributed by atoms with Gasteiger partial charge in [0.1, 0.15) is 5.75 Å². The molecule has 0 amide bonds. The summed E-state index contributed by atoms with van der Waals surface area (Å²) in [5.41, 5.74) is -1.80. The second kappa shape index (κ2) is 5.93. The molecular weight excluding hydrogens is 289 g/mol. The van der Waals surface area contributed by atoms with Gasteiger partial charge in [0.2, 0.25) is 0 Å². The number of halogens is 3. The van der Waals surface area contributed by atoms with Crippen LogP contribution in [0.2, 0.25) is 0 Å². The van der Waals surface area contributed by atoms with Gasteiger partial charge in [0.15, 0.2) is 5.60 Å². The van der Waals surface area contributed by atoms with Crippen LogP contribution in [0.1, 0.15) is 24.8 Å². The minimum absolute atomic E-state index is 0.153. The van der Waals surface area contributed by atoms with Gasteiger partial charge in [-0.25, -0.2) is 4.79 Å². The van der Waals surface area contributed by atoms with Crippen molar-refractivity contribution in [3.63, 3.8) is 0 Å². The summed E-state index contributed by atoms with van der Waals surface area (Å²) in [5.74, 6) is -0.818. The fourth-order valence-corrected chi connectivity index (χ4v) is 1.93. The standard InChI is InChI=1S/C14H15F3O4/c15-14(16,17)10-4-3-5-11(8-10)20-7-2-1-6-13(9-21-13)12(18)19/h3-5,8H,1-2,6-7,9H2,(H,18,19). The Balaban J connectivity index is 1.73. The molecule has 1 aromatic carbocycles. The van der Waals surface area contributed by atoms with E-state index in [0.29, 0.717) is 19.3 Å². The number of rotatable bonds is 7. The third kappa shape index (κ3) is 4.10. The van der Waals surface area contributed by atoms with E-state index >= 15 is 0 Å². The van der Waals surface area contributed by atoms with E-state index in [1.54, 1.807) is 0 Å². The molecule has 1 saturated heterocycles. The maximum atomic E-state index is 12.5. The van der Waals surface area contributed by atoms with E-state index in [-0.39, 0.29) is 19.0 Å². The van der Waals surface area contributed by atoms with Gasteiger partial charge < -0.3 is 14.6 Å². The molecule has 4 nitrogen and oxygen atoms in total. The van der Waals surface area contributed by atoms with E-state index in [4.69, 9.17) is 14.6 Å². The zero-order valence-electron chi connectivity index (χ0n) is 11.2. The predicted molar refractivity (Wildman–Crippen MR) is 67.1 cm³/mol. The van der Waals surface area contributed by atoms with Gasteiger partial charge >= 0.3 is 12.1 Å².